The maximum atomic E-state index is 12.9. The van der Waals surface area contributed by atoms with E-state index in [-0.39, 0.29) is 10.9 Å². The predicted molar refractivity (Wildman–Crippen MR) is 66.0 cm³/mol. The van der Waals surface area contributed by atoms with Gasteiger partial charge in [-0.3, -0.25) is 4.79 Å². The normalized spacial score (nSPS) is 12.3. The number of benzene rings is 1. The zero-order chi connectivity index (χ0) is 12.3. The van der Waals surface area contributed by atoms with Gasteiger partial charge in [-0.25, -0.2) is 4.39 Å². The third-order valence-electron chi connectivity index (χ3n) is 2.03. The van der Waals surface area contributed by atoms with E-state index >= 15 is 0 Å². The molecular formula is C10H11BrClFN2O. The van der Waals surface area contributed by atoms with Crippen LogP contribution in [0.2, 0.25) is 5.02 Å². The van der Waals surface area contributed by atoms with Crippen molar-refractivity contribution in [1.29, 1.82) is 0 Å². The van der Waals surface area contributed by atoms with Crippen molar-refractivity contribution in [2.75, 3.05) is 5.32 Å². The Morgan fingerprint density at radius 3 is 2.81 bits per heavy atom. The molecule has 1 atom stereocenters. The topological polar surface area (TPSA) is 55.1 Å². The van der Waals surface area contributed by atoms with Crippen LogP contribution in [0.4, 0.5) is 10.1 Å². The molecule has 3 N–H and O–H groups in total. The number of carbonyl (C=O) groups is 1. The van der Waals surface area contributed by atoms with Crippen LogP contribution in [0.5, 0.6) is 0 Å². The van der Waals surface area contributed by atoms with Crippen molar-refractivity contribution < 1.29 is 9.18 Å². The van der Waals surface area contributed by atoms with E-state index in [9.17, 15) is 9.18 Å². The summed E-state index contributed by atoms with van der Waals surface area (Å²) in [5, 5.41) is 2.68. The number of hydrogen-bond acceptors (Lipinski definition) is 2. The lowest BCUT2D eigenvalue weighted by Crippen LogP contribution is -2.35. The van der Waals surface area contributed by atoms with Gasteiger partial charge in [0.1, 0.15) is 5.82 Å². The summed E-state index contributed by atoms with van der Waals surface area (Å²) in [6.07, 6.45) is 0.516. The molecule has 0 unspecified atom stereocenters. The fourth-order valence-electron chi connectivity index (χ4n) is 1.06. The minimum Gasteiger partial charge on any atom is -0.322 e. The second-order valence-corrected chi connectivity index (χ2v) is 4.51. The number of anilines is 1. The molecule has 0 spiro atoms. The van der Waals surface area contributed by atoms with E-state index in [2.05, 4.69) is 21.2 Å². The smallest absolute Gasteiger partial charge is 0.241 e. The second-order valence-electron chi connectivity index (χ2n) is 3.25. The lowest BCUT2D eigenvalue weighted by molar-refractivity contribution is -0.117. The van der Waals surface area contributed by atoms with Crippen LogP contribution >= 0.6 is 27.5 Å². The lowest BCUT2D eigenvalue weighted by atomic mass is 10.2. The molecule has 6 heteroatoms. The SMILES string of the molecule is CC[C@@H](N)C(=O)Nc1c(Cl)cc(F)cc1Br. The van der Waals surface area contributed by atoms with Crippen molar-refractivity contribution >= 4 is 39.1 Å². The first kappa shape index (κ1) is 13.4. The number of rotatable bonds is 3. The van der Waals surface area contributed by atoms with E-state index in [0.717, 1.165) is 6.07 Å². The molecule has 1 aromatic carbocycles. The van der Waals surface area contributed by atoms with Gasteiger partial charge in [-0.15, -0.1) is 0 Å². The maximum absolute atomic E-state index is 12.9. The molecular weight excluding hydrogens is 298 g/mol. The van der Waals surface area contributed by atoms with Crippen molar-refractivity contribution in [2.45, 2.75) is 19.4 Å². The van der Waals surface area contributed by atoms with E-state index in [4.69, 9.17) is 17.3 Å². The Morgan fingerprint density at radius 1 is 1.69 bits per heavy atom. The molecule has 1 aromatic rings. The summed E-state index contributed by atoms with van der Waals surface area (Å²) in [5.74, 6) is -0.827. The van der Waals surface area contributed by atoms with Gasteiger partial charge in [0.25, 0.3) is 0 Å². The molecule has 0 aliphatic rings. The molecule has 0 bridgehead atoms. The number of carbonyl (C=O) groups excluding carboxylic acids is 1. The molecule has 0 aliphatic heterocycles. The van der Waals surface area contributed by atoms with Gasteiger partial charge in [0.15, 0.2) is 0 Å². The van der Waals surface area contributed by atoms with Crippen LogP contribution in [-0.2, 0) is 4.79 Å². The minimum absolute atomic E-state index is 0.128. The fourth-order valence-corrected chi connectivity index (χ4v) is 1.96. The van der Waals surface area contributed by atoms with Crippen molar-refractivity contribution in [2.24, 2.45) is 5.73 Å². The highest BCUT2D eigenvalue weighted by atomic mass is 79.9. The second kappa shape index (κ2) is 5.61. The molecule has 3 nitrogen and oxygen atoms in total. The fraction of sp³-hybridized carbons (Fsp3) is 0.300. The molecule has 88 valence electrons. The maximum Gasteiger partial charge on any atom is 0.241 e. The molecule has 0 saturated heterocycles. The van der Waals surface area contributed by atoms with Gasteiger partial charge < -0.3 is 11.1 Å². The van der Waals surface area contributed by atoms with Crippen LogP contribution in [0.1, 0.15) is 13.3 Å². The van der Waals surface area contributed by atoms with E-state index in [1.54, 1.807) is 6.92 Å². The van der Waals surface area contributed by atoms with Gasteiger partial charge in [0, 0.05) is 4.47 Å². The molecule has 0 radical (unpaired) electrons. The summed E-state index contributed by atoms with van der Waals surface area (Å²) in [6, 6.07) is 1.74. The van der Waals surface area contributed by atoms with Crippen LogP contribution in [0, 0.1) is 5.82 Å². The Morgan fingerprint density at radius 2 is 2.31 bits per heavy atom. The van der Waals surface area contributed by atoms with Gasteiger partial charge in [0.05, 0.1) is 16.8 Å². The number of nitrogens with two attached hydrogens (primary N) is 1. The summed E-state index contributed by atoms with van der Waals surface area (Å²) in [5.41, 5.74) is 5.88. The monoisotopic (exact) mass is 308 g/mol. The summed E-state index contributed by atoms with van der Waals surface area (Å²) in [4.78, 5) is 11.5. The molecule has 0 heterocycles. The van der Waals surface area contributed by atoms with Crippen LogP contribution < -0.4 is 11.1 Å². The van der Waals surface area contributed by atoms with E-state index in [0.29, 0.717) is 16.6 Å². The predicted octanol–water partition coefficient (Wildman–Crippen LogP) is 2.92. The number of nitrogens with one attached hydrogen (secondary N) is 1. The lowest BCUT2D eigenvalue weighted by Gasteiger charge is -2.12. The Labute approximate surface area is 106 Å². The van der Waals surface area contributed by atoms with Crippen molar-refractivity contribution in [3.8, 4) is 0 Å². The zero-order valence-electron chi connectivity index (χ0n) is 8.56. The van der Waals surface area contributed by atoms with Crippen molar-refractivity contribution in [3.05, 3.63) is 27.4 Å². The highest BCUT2D eigenvalue weighted by Gasteiger charge is 2.15. The van der Waals surface area contributed by atoms with Crippen molar-refractivity contribution in [3.63, 3.8) is 0 Å². The molecule has 16 heavy (non-hydrogen) atoms. The average molecular weight is 310 g/mol. The summed E-state index contributed by atoms with van der Waals surface area (Å²) in [7, 11) is 0. The van der Waals surface area contributed by atoms with Crippen LogP contribution in [0.3, 0.4) is 0 Å². The van der Waals surface area contributed by atoms with Crippen molar-refractivity contribution in [1.82, 2.24) is 0 Å². The summed E-state index contributed by atoms with van der Waals surface area (Å²) < 4.78 is 13.3. The van der Waals surface area contributed by atoms with Gasteiger partial charge in [0.2, 0.25) is 5.91 Å². The first-order chi connectivity index (χ1) is 7.45. The Hall–Kier alpha value is -0.650. The standard InChI is InChI=1S/C10H11BrClFN2O/c1-2-8(14)10(16)15-9-6(11)3-5(13)4-7(9)12/h3-4,8H,2,14H2,1H3,(H,15,16)/t8-/m1/s1. The van der Waals surface area contributed by atoms with Gasteiger partial charge >= 0.3 is 0 Å². The van der Waals surface area contributed by atoms with Crippen LogP contribution in [-0.4, -0.2) is 11.9 Å². The van der Waals surface area contributed by atoms with Gasteiger partial charge in [-0.2, -0.15) is 0 Å². The summed E-state index contributed by atoms with van der Waals surface area (Å²) in [6.45, 7) is 1.80. The van der Waals surface area contributed by atoms with Crippen LogP contribution in [0.15, 0.2) is 16.6 Å². The largest absolute Gasteiger partial charge is 0.322 e. The quantitative estimate of drug-likeness (QED) is 0.902. The Bertz CT molecular complexity index is 391. The molecule has 1 amide bonds. The summed E-state index contributed by atoms with van der Waals surface area (Å²) >= 11 is 8.92. The molecule has 0 fully saturated rings. The molecule has 0 saturated carbocycles. The number of amides is 1. The van der Waals surface area contributed by atoms with Crippen LogP contribution in [0.25, 0.3) is 0 Å². The zero-order valence-corrected chi connectivity index (χ0v) is 10.9. The van der Waals surface area contributed by atoms with Gasteiger partial charge in [-0.05, 0) is 34.5 Å². The number of halogens is 3. The van der Waals surface area contributed by atoms with E-state index in [1.807, 2.05) is 0 Å². The Balaban J connectivity index is 2.93. The molecule has 0 aromatic heterocycles. The number of hydrogen-bond donors (Lipinski definition) is 2. The minimum atomic E-state index is -0.604. The first-order valence-electron chi connectivity index (χ1n) is 4.66. The third-order valence-corrected chi connectivity index (χ3v) is 2.96. The highest BCUT2D eigenvalue weighted by Crippen LogP contribution is 2.31. The highest BCUT2D eigenvalue weighted by molar-refractivity contribution is 9.10. The third kappa shape index (κ3) is 3.17. The van der Waals surface area contributed by atoms with Gasteiger partial charge in [-0.1, -0.05) is 18.5 Å². The van der Waals surface area contributed by atoms with E-state index < -0.39 is 11.9 Å². The molecule has 0 aliphatic carbocycles. The average Bonchev–Trinajstić information content (AvgIpc) is 2.21. The Kier molecular flexibility index (Phi) is 4.70. The first-order valence-corrected chi connectivity index (χ1v) is 5.83. The van der Waals surface area contributed by atoms with E-state index in [1.165, 1.54) is 6.07 Å². The molecule has 1 rings (SSSR count).